The van der Waals surface area contributed by atoms with E-state index in [1.807, 2.05) is 59.5 Å². The molecule has 2 amide bonds. The number of nitrogens with one attached hydrogen (secondary N) is 1. The van der Waals surface area contributed by atoms with Gasteiger partial charge in [0.05, 0.1) is 42.5 Å². The molecule has 2 saturated heterocycles. The van der Waals surface area contributed by atoms with E-state index in [1.165, 1.54) is 12.8 Å². The van der Waals surface area contributed by atoms with E-state index in [-0.39, 0.29) is 46.9 Å². The van der Waals surface area contributed by atoms with Crippen LogP contribution in [-0.2, 0) is 18.9 Å². The highest BCUT2D eigenvalue weighted by molar-refractivity contribution is 6.47. The van der Waals surface area contributed by atoms with Crippen LogP contribution >= 0.6 is 0 Å². The molecule has 7 saturated carbocycles. The molecule has 0 spiro atoms. The number of carbonyl (C=O) groups excluding carboxylic acids is 2. The highest BCUT2D eigenvalue weighted by Gasteiger charge is 2.68. The lowest BCUT2D eigenvalue weighted by Gasteiger charge is -2.64. The minimum atomic E-state index is -0.642. The predicted molar refractivity (Wildman–Crippen MR) is 211 cm³/mol. The first-order valence-electron chi connectivity index (χ1n) is 21.2. The number of amides is 2. The number of aromatic nitrogens is 1. The van der Waals surface area contributed by atoms with Gasteiger partial charge in [0.1, 0.15) is 23.6 Å². The SMILES string of the molecule is CC[C@H](NC(=O)[C@@H]1C[C@@H](Oc2cc(-c3ccccc3)nc3cc(OC)ccc23)CN1C(=O)C1C2CC3CC(C2)CC1C3)B1OC2C[C@H]3C[C@H](C3(C)C)[C@]2(C)O1. The Balaban J connectivity index is 0.935. The van der Waals surface area contributed by atoms with Crippen LogP contribution in [-0.4, -0.2) is 72.3 Å². The van der Waals surface area contributed by atoms with Crippen LogP contribution in [0.15, 0.2) is 54.6 Å². The highest BCUT2D eigenvalue weighted by atomic mass is 16.7. The van der Waals surface area contributed by atoms with Crippen molar-refractivity contribution in [3.63, 3.8) is 0 Å². The summed E-state index contributed by atoms with van der Waals surface area (Å²) in [6, 6.07) is 17.3. The zero-order chi connectivity index (χ0) is 37.8. The van der Waals surface area contributed by atoms with E-state index in [9.17, 15) is 9.59 Å². The molecular weight excluding hydrogens is 689 g/mol. The third kappa shape index (κ3) is 5.82. The second-order valence-corrected chi connectivity index (χ2v) is 19.1. The van der Waals surface area contributed by atoms with Gasteiger partial charge in [-0.25, -0.2) is 4.98 Å². The fourth-order valence-electron chi connectivity index (χ4n) is 12.9. The summed E-state index contributed by atoms with van der Waals surface area (Å²) in [5, 5.41) is 4.24. The lowest BCUT2D eigenvalue weighted by atomic mass is 9.43. The summed E-state index contributed by atoms with van der Waals surface area (Å²) in [7, 11) is 1.14. The largest absolute Gasteiger partial charge is 0.497 e. The summed E-state index contributed by atoms with van der Waals surface area (Å²) in [4.78, 5) is 36.5. The van der Waals surface area contributed by atoms with Crippen molar-refractivity contribution in [3.05, 3.63) is 54.6 Å². The molecule has 9 nitrogen and oxygen atoms in total. The molecule has 3 aromatic rings. The molecule has 290 valence electrons. The van der Waals surface area contributed by atoms with Crippen LogP contribution in [0, 0.1) is 46.8 Å². The van der Waals surface area contributed by atoms with Crippen molar-refractivity contribution in [3.8, 4) is 22.8 Å². The molecule has 7 atom stereocenters. The minimum absolute atomic E-state index is 0.0119. The fraction of sp³-hybridized carbons (Fsp3) is 0.622. The van der Waals surface area contributed by atoms with Gasteiger partial charge in [-0.15, -0.1) is 0 Å². The Kier molecular flexibility index (Phi) is 8.60. The number of rotatable bonds is 9. The molecule has 55 heavy (non-hydrogen) atoms. The molecule has 2 aliphatic heterocycles. The number of ether oxygens (including phenoxy) is 2. The summed E-state index contributed by atoms with van der Waals surface area (Å²) in [6.45, 7) is 9.40. The molecule has 9 aliphatic rings. The van der Waals surface area contributed by atoms with Crippen molar-refractivity contribution in [2.75, 3.05) is 13.7 Å². The Labute approximate surface area is 325 Å². The summed E-state index contributed by atoms with van der Waals surface area (Å²) in [5.41, 5.74) is 2.42. The summed E-state index contributed by atoms with van der Waals surface area (Å²) >= 11 is 0. The standard InChI is InChI=1S/C45H56BN3O6/c1-6-40(46-54-39-20-30-19-38(44(30,2)3)45(39,4)55-46)48-42(50)36-22-32(24-49(36)43(51)41-28-15-25-14-26(17-28)18-29(41)16-25)53-37-23-34(27-10-8-7-9-11-27)47-35-21-31(52-5)12-13-33(35)37/h7-13,21,23,25-26,28-30,32,36,38-41H,6,14-20,22,24H2,1-5H3,(H,48,50)/t25?,26?,28?,29?,30-,32-,36+,38-,39?,40+,41?,45+/m1/s1. The molecule has 1 N–H and O–H groups in total. The van der Waals surface area contributed by atoms with Gasteiger partial charge < -0.3 is 29.0 Å². The Morgan fingerprint density at radius 2 is 1.71 bits per heavy atom. The lowest BCUT2D eigenvalue weighted by molar-refractivity contribution is -0.199. The number of methoxy groups -OCH3 is 1. The molecule has 9 fully saturated rings. The first-order valence-corrected chi connectivity index (χ1v) is 21.2. The van der Waals surface area contributed by atoms with Gasteiger partial charge in [-0.2, -0.15) is 0 Å². The van der Waals surface area contributed by atoms with E-state index in [2.05, 4.69) is 33.0 Å². The van der Waals surface area contributed by atoms with E-state index >= 15 is 0 Å². The number of fused-ring (bicyclic) bond motifs is 1. The normalized spacial score (nSPS) is 37.0. The Bertz CT molecular complexity index is 1960. The zero-order valence-corrected chi connectivity index (χ0v) is 33.0. The van der Waals surface area contributed by atoms with E-state index in [4.69, 9.17) is 23.8 Å². The minimum Gasteiger partial charge on any atom is -0.497 e. The van der Waals surface area contributed by atoms with Crippen molar-refractivity contribution < 1.29 is 28.4 Å². The summed E-state index contributed by atoms with van der Waals surface area (Å²) in [5.74, 6) is 4.54. The Morgan fingerprint density at radius 3 is 2.40 bits per heavy atom. The summed E-state index contributed by atoms with van der Waals surface area (Å²) in [6.07, 6.45) is 8.84. The number of hydrogen-bond donors (Lipinski definition) is 1. The van der Waals surface area contributed by atoms with Crippen molar-refractivity contribution in [1.82, 2.24) is 15.2 Å². The quantitative estimate of drug-likeness (QED) is 0.227. The molecule has 12 rings (SSSR count). The first-order chi connectivity index (χ1) is 26.5. The van der Waals surface area contributed by atoms with E-state index in [0.29, 0.717) is 48.8 Å². The van der Waals surface area contributed by atoms with Gasteiger partial charge in [0, 0.05) is 35.4 Å². The first kappa shape index (κ1) is 35.8. The second-order valence-electron chi connectivity index (χ2n) is 19.1. The monoisotopic (exact) mass is 745 g/mol. The van der Waals surface area contributed by atoms with Crippen LogP contribution < -0.4 is 14.8 Å². The van der Waals surface area contributed by atoms with Gasteiger partial charge in [0.2, 0.25) is 11.8 Å². The van der Waals surface area contributed by atoms with Crippen LogP contribution in [0.2, 0.25) is 0 Å². The summed E-state index contributed by atoms with van der Waals surface area (Å²) < 4.78 is 26.0. The van der Waals surface area contributed by atoms with Gasteiger partial charge in [-0.3, -0.25) is 9.59 Å². The molecule has 7 aliphatic carbocycles. The van der Waals surface area contributed by atoms with Crippen LogP contribution in [0.1, 0.15) is 85.5 Å². The molecule has 3 heterocycles. The van der Waals surface area contributed by atoms with Gasteiger partial charge in [-0.05, 0) is 111 Å². The van der Waals surface area contributed by atoms with Crippen LogP contribution in [0.4, 0.5) is 0 Å². The van der Waals surface area contributed by atoms with Crippen molar-refractivity contribution in [1.29, 1.82) is 0 Å². The lowest BCUT2D eigenvalue weighted by Crippen LogP contribution is -2.65. The van der Waals surface area contributed by atoms with Crippen molar-refractivity contribution >= 4 is 29.8 Å². The number of carbonyl (C=O) groups is 2. The molecule has 0 radical (unpaired) electrons. The van der Waals surface area contributed by atoms with Crippen molar-refractivity contribution in [2.24, 2.45) is 46.8 Å². The van der Waals surface area contributed by atoms with Gasteiger partial charge in [-0.1, -0.05) is 51.1 Å². The van der Waals surface area contributed by atoms with E-state index in [1.54, 1.807) is 7.11 Å². The topological polar surface area (TPSA) is 99.2 Å². The van der Waals surface area contributed by atoms with Crippen LogP contribution in [0.3, 0.4) is 0 Å². The maximum Gasteiger partial charge on any atom is 0.481 e. The maximum atomic E-state index is 14.9. The van der Waals surface area contributed by atoms with Crippen LogP contribution in [0.25, 0.3) is 22.2 Å². The van der Waals surface area contributed by atoms with Crippen LogP contribution in [0.5, 0.6) is 11.5 Å². The Hall–Kier alpha value is -3.63. The zero-order valence-electron chi connectivity index (χ0n) is 33.0. The molecule has 1 aromatic heterocycles. The van der Waals surface area contributed by atoms with Gasteiger partial charge in [0.25, 0.3) is 0 Å². The smallest absolute Gasteiger partial charge is 0.481 e. The number of benzene rings is 2. The molecule has 6 bridgehead atoms. The maximum absolute atomic E-state index is 14.9. The Morgan fingerprint density at radius 1 is 0.964 bits per heavy atom. The number of nitrogens with zero attached hydrogens (tertiary/aromatic N) is 2. The molecule has 1 unspecified atom stereocenters. The third-order valence-electron chi connectivity index (χ3n) is 15.8. The number of likely N-dealkylation sites (tertiary alicyclic amines) is 1. The number of hydrogen-bond acceptors (Lipinski definition) is 7. The molecule has 2 aromatic carbocycles. The third-order valence-corrected chi connectivity index (χ3v) is 15.8. The predicted octanol–water partition coefficient (Wildman–Crippen LogP) is 7.49. The molecular formula is C45H56BN3O6. The fourth-order valence-corrected chi connectivity index (χ4v) is 12.9. The van der Waals surface area contributed by atoms with E-state index < -0.39 is 13.2 Å². The highest BCUT2D eigenvalue weighted by Crippen LogP contribution is 2.66. The second kappa shape index (κ2) is 13.2. The van der Waals surface area contributed by atoms with Crippen molar-refractivity contribution in [2.45, 2.75) is 115 Å². The average Bonchev–Trinajstić information content (AvgIpc) is 3.77. The van der Waals surface area contributed by atoms with E-state index in [0.717, 1.165) is 71.8 Å². The van der Waals surface area contributed by atoms with Gasteiger partial charge >= 0.3 is 7.12 Å². The number of pyridine rings is 1. The molecule has 10 heteroatoms. The average molecular weight is 746 g/mol. The van der Waals surface area contributed by atoms with Gasteiger partial charge in [0.15, 0.2) is 0 Å².